The van der Waals surface area contributed by atoms with Crippen LogP contribution in [0.5, 0.6) is 0 Å². The van der Waals surface area contributed by atoms with E-state index in [0.29, 0.717) is 17.1 Å². The molecule has 0 spiro atoms. The fourth-order valence-electron chi connectivity index (χ4n) is 1.45. The topological polar surface area (TPSA) is 97.8 Å². The predicted octanol–water partition coefficient (Wildman–Crippen LogP) is 0.688. The Hall–Kier alpha value is -2.15. The molecule has 1 unspecified atom stereocenters. The van der Waals surface area contributed by atoms with E-state index in [0.717, 1.165) is 0 Å². The van der Waals surface area contributed by atoms with Crippen molar-refractivity contribution in [1.29, 1.82) is 0 Å². The molecule has 1 aromatic rings. The van der Waals surface area contributed by atoms with Crippen molar-refractivity contribution in [1.82, 2.24) is 4.98 Å². The van der Waals surface area contributed by atoms with Crippen molar-refractivity contribution in [3.05, 3.63) is 23.4 Å². The first-order chi connectivity index (χ1) is 8.99. The fraction of sp³-hybridized carbons (Fsp3) is 0.417. The summed E-state index contributed by atoms with van der Waals surface area (Å²) in [5.74, 6) is -1.05. The van der Waals surface area contributed by atoms with Gasteiger partial charge in [0.15, 0.2) is 6.10 Å². The van der Waals surface area contributed by atoms with Gasteiger partial charge in [0, 0.05) is 7.11 Å². The number of nitrogens with zero attached hydrogens (tertiary/aromatic N) is 1. The van der Waals surface area contributed by atoms with E-state index in [1.807, 2.05) is 0 Å². The number of hydrogen-bond donors (Lipinski definition) is 2. The maximum Gasteiger partial charge on any atom is 0.339 e. The zero-order valence-electron chi connectivity index (χ0n) is 11.0. The molecular weight excluding hydrogens is 252 g/mol. The second kappa shape index (κ2) is 6.69. The maximum absolute atomic E-state index is 11.4. The fourth-order valence-corrected chi connectivity index (χ4v) is 1.45. The summed E-state index contributed by atoms with van der Waals surface area (Å²) in [5.41, 5.74) is 0.871. The predicted molar refractivity (Wildman–Crippen MR) is 67.2 cm³/mol. The standard InChI is InChI=1S/C12H16N2O5/c1-7-8(12(17)19-3)4-5-10(14-7)13-6-9(18-2)11(15)16/h4-5,9H,6H2,1-3H3,(H,13,14)(H,15,16). The van der Waals surface area contributed by atoms with E-state index >= 15 is 0 Å². The second-order valence-corrected chi connectivity index (χ2v) is 3.76. The van der Waals surface area contributed by atoms with Crippen molar-refractivity contribution >= 4 is 17.8 Å². The summed E-state index contributed by atoms with van der Waals surface area (Å²) < 4.78 is 9.39. The number of methoxy groups -OCH3 is 2. The Morgan fingerprint density at radius 3 is 2.58 bits per heavy atom. The lowest BCUT2D eigenvalue weighted by molar-refractivity contribution is -0.147. The smallest absolute Gasteiger partial charge is 0.339 e. The van der Waals surface area contributed by atoms with Gasteiger partial charge in [-0.2, -0.15) is 0 Å². The van der Waals surface area contributed by atoms with Crippen LogP contribution in [0.15, 0.2) is 12.1 Å². The summed E-state index contributed by atoms with van der Waals surface area (Å²) in [7, 11) is 2.61. The van der Waals surface area contributed by atoms with Crippen molar-refractivity contribution in [3.63, 3.8) is 0 Å². The number of aryl methyl sites for hydroxylation is 1. The summed E-state index contributed by atoms with van der Waals surface area (Å²) >= 11 is 0. The Balaban J connectivity index is 2.74. The van der Waals surface area contributed by atoms with Crippen LogP contribution in [0, 0.1) is 6.92 Å². The number of carbonyl (C=O) groups is 2. The molecule has 7 heteroatoms. The lowest BCUT2D eigenvalue weighted by Crippen LogP contribution is -2.30. The number of ether oxygens (including phenoxy) is 2. The lowest BCUT2D eigenvalue weighted by atomic mass is 10.2. The summed E-state index contributed by atoms with van der Waals surface area (Å²) in [6.45, 7) is 1.75. The minimum atomic E-state index is -1.06. The minimum Gasteiger partial charge on any atom is -0.479 e. The average molecular weight is 268 g/mol. The summed E-state index contributed by atoms with van der Waals surface area (Å²) in [5, 5.41) is 11.6. The Kier molecular flexibility index (Phi) is 5.25. The number of rotatable bonds is 6. The molecule has 0 saturated heterocycles. The maximum atomic E-state index is 11.4. The number of carboxylic acid groups (broad SMARTS) is 1. The van der Waals surface area contributed by atoms with Gasteiger partial charge in [0.1, 0.15) is 5.82 Å². The Bertz CT molecular complexity index is 475. The number of pyridine rings is 1. The highest BCUT2D eigenvalue weighted by molar-refractivity contribution is 5.90. The molecule has 19 heavy (non-hydrogen) atoms. The third-order valence-electron chi connectivity index (χ3n) is 2.52. The largest absolute Gasteiger partial charge is 0.479 e. The number of aromatic nitrogens is 1. The molecule has 1 heterocycles. The average Bonchev–Trinajstić information content (AvgIpc) is 2.38. The van der Waals surface area contributed by atoms with Crippen LogP contribution in [0.4, 0.5) is 5.82 Å². The molecular formula is C12H16N2O5. The van der Waals surface area contributed by atoms with Crippen LogP contribution in [0.2, 0.25) is 0 Å². The molecule has 0 saturated carbocycles. The minimum absolute atomic E-state index is 0.0792. The van der Waals surface area contributed by atoms with Gasteiger partial charge < -0.3 is 19.9 Å². The number of esters is 1. The van der Waals surface area contributed by atoms with Crippen LogP contribution in [-0.4, -0.2) is 48.9 Å². The molecule has 0 aliphatic heterocycles. The van der Waals surface area contributed by atoms with Gasteiger partial charge in [-0.15, -0.1) is 0 Å². The van der Waals surface area contributed by atoms with E-state index in [1.54, 1.807) is 19.1 Å². The van der Waals surface area contributed by atoms with Crippen LogP contribution in [-0.2, 0) is 14.3 Å². The Morgan fingerprint density at radius 2 is 2.11 bits per heavy atom. The van der Waals surface area contributed by atoms with Crippen LogP contribution < -0.4 is 5.32 Å². The SMILES string of the molecule is COC(=O)c1ccc(NCC(OC)C(=O)O)nc1C. The molecule has 7 nitrogen and oxygen atoms in total. The molecule has 1 rings (SSSR count). The number of carboxylic acids is 1. The first kappa shape index (κ1) is 14.9. The second-order valence-electron chi connectivity index (χ2n) is 3.76. The van der Waals surface area contributed by atoms with Gasteiger partial charge in [-0.3, -0.25) is 0 Å². The van der Waals surface area contributed by atoms with Crippen LogP contribution in [0.25, 0.3) is 0 Å². The van der Waals surface area contributed by atoms with Gasteiger partial charge in [-0.05, 0) is 19.1 Å². The number of anilines is 1. The van der Waals surface area contributed by atoms with Gasteiger partial charge in [-0.25, -0.2) is 14.6 Å². The number of hydrogen-bond acceptors (Lipinski definition) is 6. The van der Waals surface area contributed by atoms with Gasteiger partial charge in [-0.1, -0.05) is 0 Å². The van der Waals surface area contributed by atoms with Crippen LogP contribution >= 0.6 is 0 Å². The molecule has 0 aliphatic carbocycles. The first-order valence-electron chi connectivity index (χ1n) is 5.55. The molecule has 0 fully saturated rings. The molecule has 1 aromatic heterocycles. The summed E-state index contributed by atoms with van der Waals surface area (Å²) in [6, 6.07) is 3.15. The van der Waals surface area contributed by atoms with E-state index in [1.165, 1.54) is 14.2 Å². The molecule has 0 bridgehead atoms. The summed E-state index contributed by atoms with van der Waals surface area (Å²) in [6.07, 6.45) is -0.956. The zero-order chi connectivity index (χ0) is 14.4. The van der Waals surface area contributed by atoms with Crippen molar-refractivity contribution in [2.45, 2.75) is 13.0 Å². The molecule has 0 aliphatic rings. The molecule has 0 amide bonds. The van der Waals surface area contributed by atoms with E-state index in [4.69, 9.17) is 9.84 Å². The lowest BCUT2D eigenvalue weighted by Gasteiger charge is -2.12. The zero-order valence-corrected chi connectivity index (χ0v) is 11.0. The third kappa shape index (κ3) is 3.92. The molecule has 0 aromatic carbocycles. The normalized spacial score (nSPS) is 11.7. The van der Waals surface area contributed by atoms with Gasteiger partial charge in [0.05, 0.1) is 24.9 Å². The van der Waals surface area contributed by atoms with Crippen molar-refractivity contribution in [3.8, 4) is 0 Å². The van der Waals surface area contributed by atoms with Crippen molar-refractivity contribution in [2.75, 3.05) is 26.1 Å². The highest BCUT2D eigenvalue weighted by atomic mass is 16.5. The third-order valence-corrected chi connectivity index (χ3v) is 2.52. The number of carbonyl (C=O) groups excluding carboxylic acids is 1. The summed E-state index contributed by atoms with van der Waals surface area (Å²) in [4.78, 5) is 26.3. The Morgan fingerprint density at radius 1 is 1.42 bits per heavy atom. The van der Waals surface area contributed by atoms with E-state index in [2.05, 4.69) is 15.0 Å². The molecule has 104 valence electrons. The highest BCUT2D eigenvalue weighted by Crippen LogP contribution is 2.11. The Labute approximate surface area is 110 Å². The van der Waals surface area contributed by atoms with Crippen LogP contribution in [0.1, 0.15) is 16.1 Å². The van der Waals surface area contributed by atoms with Gasteiger partial charge >= 0.3 is 11.9 Å². The number of nitrogens with one attached hydrogen (secondary N) is 1. The number of aliphatic carboxylic acids is 1. The van der Waals surface area contributed by atoms with Crippen molar-refractivity contribution < 1.29 is 24.2 Å². The van der Waals surface area contributed by atoms with Crippen LogP contribution in [0.3, 0.4) is 0 Å². The molecule has 2 N–H and O–H groups in total. The van der Waals surface area contributed by atoms with E-state index in [9.17, 15) is 9.59 Å². The van der Waals surface area contributed by atoms with E-state index in [-0.39, 0.29) is 6.54 Å². The quantitative estimate of drug-likeness (QED) is 0.732. The van der Waals surface area contributed by atoms with E-state index < -0.39 is 18.0 Å². The first-order valence-corrected chi connectivity index (χ1v) is 5.55. The van der Waals surface area contributed by atoms with Crippen molar-refractivity contribution in [2.24, 2.45) is 0 Å². The monoisotopic (exact) mass is 268 g/mol. The molecule has 0 radical (unpaired) electrons. The van der Waals surface area contributed by atoms with Gasteiger partial charge in [0.25, 0.3) is 0 Å². The van der Waals surface area contributed by atoms with Gasteiger partial charge in [0.2, 0.25) is 0 Å². The highest BCUT2D eigenvalue weighted by Gasteiger charge is 2.16. The molecule has 1 atom stereocenters.